The maximum atomic E-state index is 13.4. The van der Waals surface area contributed by atoms with Crippen molar-refractivity contribution in [3.05, 3.63) is 62.7 Å². The Hall–Kier alpha value is -3.36. The van der Waals surface area contributed by atoms with Gasteiger partial charge in [-0.1, -0.05) is 11.6 Å². The van der Waals surface area contributed by atoms with E-state index in [1.807, 2.05) is 0 Å². The summed E-state index contributed by atoms with van der Waals surface area (Å²) in [7, 11) is 0. The first kappa shape index (κ1) is 26.2. The molecule has 2 aromatic heterocycles. The lowest BCUT2D eigenvalue weighted by Crippen LogP contribution is -2.28. The fourth-order valence-electron chi connectivity index (χ4n) is 2.76. The number of carbonyl (C=O) groups excluding carboxylic acids is 2. The van der Waals surface area contributed by atoms with E-state index in [2.05, 4.69) is 30.9 Å². The third kappa shape index (κ3) is 6.41. The molecule has 1 atom stereocenters. The number of aromatic nitrogens is 3. The third-order valence-corrected chi connectivity index (χ3v) is 5.94. The Labute approximate surface area is 204 Å². The maximum Gasteiger partial charge on any atom is 0.419 e. The maximum absolute atomic E-state index is 13.4. The van der Waals surface area contributed by atoms with Gasteiger partial charge in [-0.2, -0.15) is 13.2 Å². The highest BCUT2D eigenvalue weighted by Gasteiger charge is 2.34. The van der Waals surface area contributed by atoms with Crippen molar-refractivity contribution in [1.82, 2.24) is 20.3 Å². The molecule has 0 spiro atoms. The zero-order chi connectivity index (χ0) is 25.8. The lowest BCUT2D eigenvalue weighted by atomic mass is 10.2. The molecule has 0 saturated carbocycles. The van der Waals surface area contributed by atoms with E-state index in [1.165, 1.54) is 6.20 Å². The number of hydrogen-bond acceptors (Lipinski definition) is 8. The predicted molar refractivity (Wildman–Crippen MR) is 120 cm³/mol. The fraction of sp³-hybridized carbons (Fsp3) is 0.250. The Kier molecular flexibility index (Phi) is 8.19. The van der Waals surface area contributed by atoms with Gasteiger partial charge in [-0.3, -0.25) is 9.59 Å². The van der Waals surface area contributed by atoms with Crippen LogP contribution in [0.15, 0.2) is 30.7 Å². The minimum Gasteiger partial charge on any atom is -0.395 e. The number of aliphatic hydroxyl groups is 1. The van der Waals surface area contributed by atoms with Crippen LogP contribution in [0.4, 0.5) is 29.1 Å². The first-order chi connectivity index (χ1) is 16.5. The van der Waals surface area contributed by atoms with Gasteiger partial charge in [-0.05, 0) is 25.1 Å². The zero-order valence-electron chi connectivity index (χ0n) is 17.8. The molecule has 15 heteroatoms. The fourth-order valence-corrected chi connectivity index (χ4v) is 3.82. The van der Waals surface area contributed by atoms with Crippen molar-refractivity contribution in [2.24, 2.45) is 0 Å². The third-order valence-electron chi connectivity index (χ3n) is 4.40. The average molecular weight is 533 g/mol. The average Bonchev–Trinajstić information content (AvgIpc) is 3.29. The monoisotopic (exact) mass is 532 g/mol. The molecule has 0 saturated heterocycles. The van der Waals surface area contributed by atoms with Gasteiger partial charge in [0.05, 0.1) is 24.4 Å². The number of carbonyl (C=O) groups is 2. The van der Waals surface area contributed by atoms with E-state index in [4.69, 9.17) is 16.7 Å². The summed E-state index contributed by atoms with van der Waals surface area (Å²) in [5.41, 5.74) is -1.88. The van der Waals surface area contributed by atoms with Crippen molar-refractivity contribution < 1.29 is 32.3 Å². The summed E-state index contributed by atoms with van der Waals surface area (Å²) in [5, 5.41) is 16.8. The molecule has 0 aliphatic rings. The second-order valence-corrected chi connectivity index (χ2v) is 8.38. The van der Waals surface area contributed by atoms with Gasteiger partial charge in [0, 0.05) is 12.2 Å². The van der Waals surface area contributed by atoms with Crippen LogP contribution in [0.3, 0.4) is 0 Å². The van der Waals surface area contributed by atoms with Crippen LogP contribution in [0.1, 0.15) is 43.7 Å². The molecule has 35 heavy (non-hydrogen) atoms. The van der Waals surface area contributed by atoms with Crippen LogP contribution in [0.5, 0.6) is 0 Å². The second-order valence-electron chi connectivity index (χ2n) is 6.94. The van der Waals surface area contributed by atoms with Crippen LogP contribution in [-0.4, -0.2) is 45.0 Å². The predicted octanol–water partition coefficient (Wildman–Crippen LogP) is 3.89. The number of halogens is 5. The van der Waals surface area contributed by atoms with Crippen LogP contribution in [0.25, 0.3) is 0 Å². The summed E-state index contributed by atoms with van der Waals surface area (Å²) in [6.45, 7) is 1.57. The van der Waals surface area contributed by atoms with E-state index in [0.717, 1.165) is 23.7 Å². The number of aliphatic hydroxyl groups excluding tert-OH is 1. The minimum atomic E-state index is -4.92. The van der Waals surface area contributed by atoms with Gasteiger partial charge in [0.25, 0.3) is 11.8 Å². The molecule has 3 rings (SSSR count). The number of benzene rings is 1. The molecule has 9 nitrogen and oxygen atoms in total. The standard InChI is InChI=1S/C20H17ClF4N6O3S/c1-9(30-18(34)15-14(21)16(26-4-5-32)29-8-28-15)19-27-7-13(35-19)17(33)31-10-2-3-12(22)11(6-10)20(23,24)25/h2-3,6-9,32H,4-5H2,1H3,(H,30,34)(H,31,33)(H,26,28,29). The van der Waals surface area contributed by atoms with E-state index in [0.29, 0.717) is 17.1 Å². The Bertz CT molecular complexity index is 1240. The summed E-state index contributed by atoms with van der Waals surface area (Å²) in [5.74, 6) is -2.70. The highest BCUT2D eigenvalue weighted by molar-refractivity contribution is 7.13. The lowest BCUT2D eigenvalue weighted by molar-refractivity contribution is -0.139. The van der Waals surface area contributed by atoms with Gasteiger partial charge in [0.1, 0.15) is 32.9 Å². The van der Waals surface area contributed by atoms with Gasteiger partial charge in [-0.25, -0.2) is 19.3 Å². The molecule has 0 radical (unpaired) electrons. The van der Waals surface area contributed by atoms with Gasteiger partial charge >= 0.3 is 6.18 Å². The second kappa shape index (κ2) is 10.9. The number of anilines is 2. The molecule has 186 valence electrons. The molecule has 4 N–H and O–H groups in total. The summed E-state index contributed by atoms with van der Waals surface area (Å²) < 4.78 is 52.1. The van der Waals surface area contributed by atoms with Gasteiger partial charge in [-0.15, -0.1) is 11.3 Å². The van der Waals surface area contributed by atoms with Crippen molar-refractivity contribution in [2.75, 3.05) is 23.8 Å². The lowest BCUT2D eigenvalue weighted by Gasteiger charge is -2.13. The van der Waals surface area contributed by atoms with E-state index in [9.17, 15) is 27.2 Å². The SMILES string of the molecule is CC(NC(=O)c1ncnc(NCCO)c1Cl)c1ncc(C(=O)Nc2ccc(F)c(C(F)(F)F)c2)s1. The van der Waals surface area contributed by atoms with E-state index in [-0.39, 0.29) is 40.3 Å². The Morgan fingerprint density at radius 1 is 1.20 bits per heavy atom. The molecule has 0 aliphatic heterocycles. The number of hydrogen-bond donors (Lipinski definition) is 4. The molecule has 1 aromatic carbocycles. The molecule has 0 fully saturated rings. The summed E-state index contributed by atoms with van der Waals surface area (Å²) >= 11 is 7.05. The number of thiazole rings is 1. The number of amides is 2. The van der Waals surface area contributed by atoms with Crippen molar-refractivity contribution in [3.8, 4) is 0 Å². The number of nitrogens with one attached hydrogen (secondary N) is 3. The number of alkyl halides is 3. The van der Waals surface area contributed by atoms with Crippen LogP contribution in [-0.2, 0) is 6.18 Å². The first-order valence-corrected chi connectivity index (χ1v) is 11.0. The molecule has 2 heterocycles. The summed E-state index contributed by atoms with van der Waals surface area (Å²) in [4.78, 5) is 36.9. The zero-order valence-corrected chi connectivity index (χ0v) is 19.4. The largest absolute Gasteiger partial charge is 0.419 e. The highest BCUT2D eigenvalue weighted by Crippen LogP contribution is 2.33. The topological polar surface area (TPSA) is 129 Å². The number of nitrogens with zero attached hydrogens (tertiary/aromatic N) is 3. The normalized spacial score (nSPS) is 12.2. The molecular formula is C20H17ClF4N6O3S. The van der Waals surface area contributed by atoms with Crippen molar-refractivity contribution >= 4 is 46.3 Å². The Morgan fingerprint density at radius 2 is 1.94 bits per heavy atom. The molecule has 0 bridgehead atoms. The van der Waals surface area contributed by atoms with Crippen LogP contribution in [0, 0.1) is 5.82 Å². The molecule has 3 aromatic rings. The molecule has 0 aliphatic carbocycles. The van der Waals surface area contributed by atoms with Crippen LogP contribution in [0.2, 0.25) is 5.02 Å². The Balaban J connectivity index is 1.69. The molecule has 2 amide bonds. The van der Waals surface area contributed by atoms with Crippen LogP contribution >= 0.6 is 22.9 Å². The van der Waals surface area contributed by atoms with E-state index >= 15 is 0 Å². The van der Waals surface area contributed by atoms with Gasteiger partial charge in [0.2, 0.25) is 0 Å². The number of rotatable bonds is 8. The summed E-state index contributed by atoms with van der Waals surface area (Å²) in [6.07, 6.45) is -2.60. The quantitative estimate of drug-likeness (QED) is 0.324. The van der Waals surface area contributed by atoms with Gasteiger partial charge < -0.3 is 21.1 Å². The Morgan fingerprint density at radius 3 is 2.63 bits per heavy atom. The van der Waals surface area contributed by atoms with E-state index < -0.39 is 35.4 Å². The van der Waals surface area contributed by atoms with Crippen molar-refractivity contribution in [2.45, 2.75) is 19.1 Å². The summed E-state index contributed by atoms with van der Waals surface area (Å²) in [6, 6.07) is 1.42. The van der Waals surface area contributed by atoms with Crippen molar-refractivity contribution in [3.63, 3.8) is 0 Å². The minimum absolute atomic E-state index is 0.0505. The van der Waals surface area contributed by atoms with Crippen molar-refractivity contribution in [1.29, 1.82) is 0 Å². The molecule has 1 unspecified atom stereocenters. The van der Waals surface area contributed by atoms with Gasteiger partial charge in [0.15, 0.2) is 5.69 Å². The first-order valence-electron chi connectivity index (χ1n) is 9.81. The van der Waals surface area contributed by atoms with Crippen LogP contribution < -0.4 is 16.0 Å². The smallest absolute Gasteiger partial charge is 0.395 e. The van der Waals surface area contributed by atoms with E-state index in [1.54, 1.807) is 6.92 Å². The molecular weight excluding hydrogens is 516 g/mol. The highest BCUT2D eigenvalue weighted by atomic mass is 35.5.